The molecular weight excluding hydrogens is 283 g/mol. The fourth-order valence-electron chi connectivity index (χ4n) is 0.991. The van der Waals surface area contributed by atoms with E-state index >= 15 is 0 Å². The SMILES string of the molecule is Cc1c(I)cc(C=O)cc1CS. The molecule has 0 aliphatic heterocycles. The second-order valence-corrected chi connectivity index (χ2v) is 4.04. The zero-order valence-corrected chi connectivity index (χ0v) is 9.72. The molecule has 0 aliphatic rings. The molecule has 0 atom stereocenters. The third kappa shape index (κ3) is 2.01. The van der Waals surface area contributed by atoms with E-state index in [9.17, 15) is 4.79 Å². The predicted octanol–water partition coefficient (Wildman–Crippen LogP) is 2.84. The van der Waals surface area contributed by atoms with Crippen molar-refractivity contribution in [1.82, 2.24) is 0 Å². The highest BCUT2D eigenvalue weighted by Crippen LogP contribution is 2.19. The van der Waals surface area contributed by atoms with Gasteiger partial charge in [0.05, 0.1) is 0 Å². The van der Waals surface area contributed by atoms with Gasteiger partial charge >= 0.3 is 0 Å². The molecule has 0 radical (unpaired) electrons. The Hall–Kier alpha value is -0.0300. The van der Waals surface area contributed by atoms with Gasteiger partial charge in [0, 0.05) is 14.9 Å². The van der Waals surface area contributed by atoms with Crippen molar-refractivity contribution >= 4 is 41.5 Å². The van der Waals surface area contributed by atoms with Crippen molar-refractivity contribution in [3.8, 4) is 0 Å². The molecule has 0 unspecified atom stereocenters. The van der Waals surface area contributed by atoms with E-state index in [1.54, 1.807) is 0 Å². The number of hydrogen-bond donors (Lipinski definition) is 1. The van der Waals surface area contributed by atoms with Crippen molar-refractivity contribution < 1.29 is 4.79 Å². The number of rotatable bonds is 2. The summed E-state index contributed by atoms with van der Waals surface area (Å²) in [4.78, 5) is 10.5. The lowest BCUT2D eigenvalue weighted by Gasteiger charge is -2.05. The Kier molecular flexibility index (Phi) is 3.58. The van der Waals surface area contributed by atoms with Crippen LogP contribution in [0.15, 0.2) is 12.1 Å². The van der Waals surface area contributed by atoms with Gasteiger partial charge in [-0.3, -0.25) is 4.79 Å². The molecule has 0 N–H and O–H groups in total. The largest absolute Gasteiger partial charge is 0.298 e. The molecular formula is C9H9IOS. The summed E-state index contributed by atoms with van der Waals surface area (Å²) in [7, 11) is 0. The minimum Gasteiger partial charge on any atom is -0.298 e. The van der Waals surface area contributed by atoms with Gasteiger partial charge in [0.1, 0.15) is 6.29 Å². The molecule has 1 nitrogen and oxygen atoms in total. The van der Waals surface area contributed by atoms with Crippen molar-refractivity contribution in [3.05, 3.63) is 32.4 Å². The van der Waals surface area contributed by atoms with E-state index in [2.05, 4.69) is 35.2 Å². The molecule has 1 aromatic rings. The van der Waals surface area contributed by atoms with Gasteiger partial charge in [0.15, 0.2) is 0 Å². The van der Waals surface area contributed by atoms with Gasteiger partial charge in [-0.15, -0.1) is 0 Å². The molecule has 0 bridgehead atoms. The molecule has 0 saturated carbocycles. The summed E-state index contributed by atoms with van der Waals surface area (Å²) in [5, 5.41) is 0. The third-order valence-corrected chi connectivity index (χ3v) is 3.24. The Bertz CT molecular complexity index is 310. The highest BCUT2D eigenvalue weighted by atomic mass is 127. The number of aldehydes is 1. The van der Waals surface area contributed by atoms with Crippen molar-refractivity contribution in [1.29, 1.82) is 0 Å². The van der Waals surface area contributed by atoms with Crippen LogP contribution in [-0.2, 0) is 5.75 Å². The van der Waals surface area contributed by atoms with Crippen LogP contribution in [0, 0.1) is 10.5 Å². The highest BCUT2D eigenvalue weighted by Gasteiger charge is 2.02. The Morgan fingerprint density at radius 3 is 2.75 bits per heavy atom. The lowest BCUT2D eigenvalue weighted by molar-refractivity contribution is 0.112. The van der Waals surface area contributed by atoms with E-state index in [0.29, 0.717) is 5.75 Å². The van der Waals surface area contributed by atoms with E-state index in [-0.39, 0.29) is 0 Å². The van der Waals surface area contributed by atoms with E-state index < -0.39 is 0 Å². The molecule has 12 heavy (non-hydrogen) atoms. The molecule has 0 saturated heterocycles. The number of carbonyl (C=O) groups is 1. The highest BCUT2D eigenvalue weighted by molar-refractivity contribution is 14.1. The minimum absolute atomic E-state index is 0.684. The maximum absolute atomic E-state index is 10.5. The number of thiol groups is 1. The minimum atomic E-state index is 0.684. The first kappa shape index (κ1) is 10.1. The molecule has 3 heteroatoms. The fourth-order valence-corrected chi connectivity index (χ4v) is 2.03. The van der Waals surface area contributed by atoms with Gasteiger partial charge in [-0.25, -0.2) is 0 Å². The van der Waals surface area contributed by atoms with Crippen LogP contribution in [0.25, 0.3) is 0 Å². The Labute approximate surface area is 91.1 Å². The number of carbonyl (C=O) groups excluding carboxylic acids is 1. The zero-order valence-electron chi connectivity index (χ0n) is 6.67. The first-order chi connectivity index (χ1) is 5.69. The smallest absolute Gasteiger partial charge is 0.150 e. The van der Waals surface area contributed by atoms with E-state index in [1.807, 2.05) is 19.1 Å². The average Bonchev–Trinajstić information content (AvgIpc) is 2.09. The maximum atomic E-state index is 10.5. The average molecular weight is 292 g/mol. The van der Waals surface area contributed by atoms with Crippen LogP contribution in [-0.4, -0.2) is 6.29 Å². The number of halogens is 1. The lowest BCUT2D eigenvalue weighted by Crippen LogP contribution is -1.92. The Morgan fingerprint density at radius 2 is 2.25 bits per heavy atom. The van der Waals surface area contributed by atoms with Gasteiger partial charge in [-0.2, -0.15) is 12.6 Å². The van der Waals surface area contributed by atoms with Gasteiger partial charge < -0.3 is 0 Å². The second-order valence-electron chi connectivity index (χ2n) is 2.56. The predicted molar refractivity (Wildman–Crippen MR) is 62.0 cm³/mol. The van der Waals surface area contributed by atoms with Crippen molar-refractivity contribution in [2.75, 3.05) is 0 Å². The molecule has 0 spiro atoms. The van der Waals surface area contributed by atoms with Crippen LogP contribution >= 0.6 is 35.2 Å². The summed E-state index contributed by atoms with van der Waals surface area (Å²) in [5.74, 6) is 0.684. The van der Waals surface area contributed by atoms with Gasteiger partial charge in [0.2, 0.25) is 0 Å². The fraction of sp³-hybridized carbons (Fsp3) is 0.222. The quantitative estimate of drug-likeness (QED) is 0.504. The summed E-state index contributed by atoms with van der Waals surface area (Å²) in [6.45, 7) is 2.04. The van der Waals surface area contributed by atoms with Gasteiger partial charge in [0.25, 0.3) is 0 Å². The summed E-state index contributed by atoms with van der Waals surface area (Å²) in [6, 6.07) is 3.77. The molecule has 1 aromatic carbocycles. The van der Waals surface area contributed by atoms with Crippen molar-refractivity contribution in [3.63, 3.8) is 0 Å². The molecule has 1 rings (SSSR count). The van der Waals surface area contributed by atoms with Crippen LogP contribution < -0.4 is 0 Å². The van der Waals surface area contributed by atoms with Crippen molar-refractivity contribution in [2.24, 2.45) is 0 Å². The summed E-state index contributed by atoms with van der Waals surface area (Å²) in [5.41, 5.74) is 3.08. The first-order valence-corrected chi connectivity index (χ1v) is 5.25. The third-order valence-electron chi connectivity index (χ3n) is 1.78. The van der Waals surface area contributed by atoms with Crippen LogP contribution in [0.2, 0.25) is 0 Å². The first-order valence-electron chi connectivity index (χ1n) is 3.54. The molecule has 0 aliphatic carbocycles. The topological polar surface area (TPSA) is 17.1 Å². The van der Waals surface area contributed by atoms with E-state index in [4.69, 9.17) is 0 Å². The molecule has 64 valence electrons. The Balaban J connectivity index is 3.28. The summed E-state index contributed by atoms with van der Waals surface area (Å²) < 4.78 is 1.13. The van der Waals surface area contributed by atoms with Crippen LogP contribution in [0.1, 0.15) is 21.5 Å². The lowest BCUT2D eigenvalue weighted by atomic mass is 10.1. The standard InChI is InChI=1S/C9H9IOS/c1-6-8(5-12)2-7(4-11)3-9(6)10/h2-4,12H,5H2,1H3. The Morgan fingerprint density at radius 1 is 1.58 bits per heavy atom. The second kappa shape index (κ2) is 4.28. The van der Waals surface area contributed by atoms with Crippen LogP contribution in [0.3, 0.4) is 0 Å². The van der Waals surface area contributed by atoms with Gasteiger partial charge in [-0.1, -0.05) is 0 Å². The molecule has 0 fully saturated rings. The van der Waals surface area contributed by atoms with Gasteiger partial charge in [-0.05, 0) is 52.8 Å². The number of benzene rings is 1. The molecule has 0 aromatic heterocycles. The monoisotopic (exact) mass is 292 g/mol. The summed E-state index contributed by atoms with van der Waals surface area (Å²) in [6.07, 6.45) is 0.870. The zero-order chi connectivity index (χ0) is 9.14. The molecule has 0 amide bonds. The molecule has 0 heterocycles. The maximum Gasteiger partial charge on any atom is 0.150 e. The van der Waals surface area contributed by atoms with Crippen LogP contribution in [0.4, 0.5) is 0 Å². The van der Waals surface area contributed by atoms with Crippen molar-refractivity contribution in [2.45, 2.75) is 12.7 Å². The summed E-state index contributed by atoms with van der Waals surface area (Å²) >= 11 is 6.42. The van der Waals surface area contributed by atoms with Crippen LogP contribution in [0.5, 0.6) is 0 Å². The van der Waals surface area contributed by atoms with E-state index in [1.165, 1.54) is 5.56 Å². The van der Waals surface area contributed by atoms with E-state index in [0.717, 1.165) is 21.0 Å². The number of hydrogen-bond acceptors (Lipinski definition) is 2. The normalized spacial score (nSPS) is 9.92.